The number of nitrogens with one attached hydrogen (secondary N) is 1. The number of carbonyl (C=O) groups is 2. The zero-order valence-electron chi connectivity index (χ0n) is 15.6. The smallest absolute Gasteiger partial charge is 0.320 e. The quantitative estimate of drug-likeness (QED) is 0.656. The van der Waals surface area contributed by atoms with Crippen molar-refractivity contribution in [2.24, 2.45) is 5.92 Å². The van der Waals surface area contributed by atoms with Gasteiger partial charge in [0.05, 0.1) is 12.5 Å². The van der Waals surface area contributed by atoms with Crippen LogP contribution in [0, 0.1) is 26.7 Å². The minimum absolute atomic E-state index is 0.0992. The Hall–Kier alpha value is -2.24. The molecule has 1 N–H and O–H groups in total. The van der Waals surface area contributed by atoms with Crippen LogP contribution in [0.15, 0.2) is 12.1 Å². The molecule has 1 heterocycles. The summed E-state index contributed by atoms with van der Waals surface area (Å²) in [6.45, 7) is 9.47. The van der Waals surface area contributed by atoms with Crippen molar-refractivity contribution in [3.8, 4) is 5.75 Å². The Morgan fingerprint density at radius 3 is 2.44 bits per heavy atom. The lowest BCUT2D eigenvalue weighted by Crippen LogP contribution is -2.46. The van der Waals surface area contributed by atoms with E-state index in [0.29, 0.717) is 32.5 Å². The molecule has 1 aromatic rings. The fraction of sp³-hybridized carbons (Fsp3) is 0.579. The van der Waals surface area contributed by atoms with E-state index in [1.165, 1.54) is 0 Å². The number of urea groups is 1. The number of aryl methyl sites for hydroxylation is 2. The molecule has 0 saturated carbocycles. The van der Waals surface area contributed by atoms with Gasteiger partial charge in [0.1, 0.15) is 5.75 Å². The van der Waals surface area contributed by atoms with Crippen molar-refractivity contribution in [2.75, 3.05) is 26.4 Å². The maximum absolute atomic E-state index is 12.2. The largest absolute Gasteiger partial charge is 0.473 e. The first-order valence-corrected chi connectivity index (χ1v) is 8.83. The third-order valence-corrected chi connectivity index (χ3v) is 4.72. The lowest BCUT2D eigenvalue weighted by Gasteiger charge is -2.30. The highest BCUT2D eigenvalue weighted by molar-refractivity contribution is 5.75. The van der Waals surface area contributed by atoms with E-state index in [9.17, 15) is 9.59 Å². The van der Waals surface area contributed by atoms with E-state index in [2.05, 4.69) is 11.4 Å². The van der Waals surface area contributed by atoms with Gasteiger partial charge in [0.25, 0.3) is 0 Å². The lowest BCUT2D eigenvalue weighted by atomic mass is 9.97. The summed E-state index contributed by atoms with van der Waals surface area (Å²) in [6, 6.07) is 3.91. The normalized spacial score (nSPS) is 15.0. The van der Waals surface area contributed by atoms with E-state index >= 15 is 0 Å². The van der Waals surface area contributed by atoms with Gasteiger partial charge in [-0.25, -0.2) is 4.79 Å². The zero-order chi connectivity index (χ0) is 18.4. The van der Waals surface area contributed by atoms with E-state index in [1.807, 2.05) is 26.8 Å². The highest BCUT2D eigenvalue weighted by Gasteiger charge is 2.28. The van der Waals surface area contributed by atoms with E-state index < -0.39 is 0 Å². The molecule has 0 aromatic heterocycles. The molecule has 138 valence electrons. The van der Waals surface area contributed by atoms with Crippen molar-refractivity contribution in [1.29, 1.82) is 0 Å². The number of hydrogen-bond donors (Lipinski definition) is 1. The number of carbonyl (C=O) groups excluding carboxylic acids is 2. The Morgan fingerprint density at radius 1 is 1.16 bits per heavy atom. The minimum Gasteiger partial charge on any atom is -0.473 e. The fourth-order valence-corrected chi connectivity index (χ4v) is 3.01. The maximum Gasteiger partial charge on any atom is 0.320 e. The second-order valence-electron chi connectivity index (χ2n) is 6.44. The molecule has 1 fully saturated rings. The molecule has 0 spiro atoms. The van der Waals surface area contributed by atoms with Gasteiger partial charge < -0.3 is 19.7 Å². The molecular weight excluding hydrogens is 320 g/mol. The molecule has 2 rings (SSSR count). The predicted octanol–water partition coefficient (Wildman–Crippen LogP) is 2.93. The molecule has 0 aliphatic carbocycles. The molecule has 25 heavy (non-hydrogen) atoms. The summed E-state index contributed by atoms with van der Waals surface area (Å²) in [6.07, 6.45) is 1.28. The van der Waals surface area contributed by atoms with Gasteiger partial charge in [-0.15, -0.1) is 0 Å². The molecule has 6 heteroatoms. The molecule has 1 saturated heterocycles. The van der Waals surface area contributed by atoms with Crippen LogP contribution < -0.4 is 10.1 Å². The van der Waals surface area contributed by atoms with Crippen molar-refractivity contribution in [3.63, 3.8) is 0 Å². The highest BCUT2D eigenvalue weighted by Crippen LogP contribution is 2.25. The second-order valence-corrected chi connectivity index (χ2v) is 6.44. The average molecular weight is 348 g/mol. The fourth-order valence-electron chi connectivity index (χ4n) is 3.01. The number of benzene rings is 1. The number of esters is 1. The molecule has 1 aromatic carbocycles. The van der Waals surface area contributed by atoms with Gasteiger partial charge in [0.15, 0.2) is 6.73 Å². The van der Waals surface area contributed by atoms with Crippen LogP contribution in [-0.4, -0.2) is 43.3 Å². The minimum atomic E-state index is -0.162. The summed E-state index contributed by atoms with van der Waals surface area (Å²) >= 11 is 0. The number of piperidine rings is 1. The lowest BCUT2D eigenvalue weighted by molar-refractivity contribution is -0.149. The van der Waals surface area contributed by atoms with Crippen molar-refractivity contribution in [1.82, 2.24) is 10.2 Å². The van der Waals surface area contributed by atoms with Crippen LogP contribution in [-0.2, 0) is 9.53 Å². The number of nitrogens with zero attached hydrogens (tertiary/aromatic N) is 1. The van der Waals surface area contributed by atoms with Crippen molar-refractivity contribution in [3.05, 3.63) is 28.8 Å². The second kappa shape index (κ2) is 8.74. The summed E-state index contributed by atoms with van der Waals surface area (Å²) < 4.78 is 10.8. The first-order chi connectivity index (χ1) is 11.9. The molecular formula is C19H28N2O4. The first kappa shape index (κ1) is 19.1. The number of amides is 2. The Labute approximate surface area is 149 Å². The van der Waals surface area contributed by atoms with Crippen LogP contribution in [0.4, 0.5) is 4.79 Å². The zero-order valence-corrected chi connectivity index (χ0v) is 15.6. The van der Waals surface area contributed by atoms with Gasteiger partial charge in [0.2, 0.25) is 0 Å². The summed E-state index contributed by atoms with van der Waals surface area (Å²) in [5, 5.41) is 2.79. The number of hydrogen-bond acceptors (Lipinski definition) is 4. The molecule has 0 atom stereocenters. The number of likely N-dealkylation sites (tertiary alicyclic amines) is 1. The number of ether oxygens (including phenoxy) is 2. The van der Waals surface area contributed by atoms with E-state index in [1.54, 1.807) is 11.8 Å². The topological polar surface area (TPSA) is 67.9 Å². The van der Waals surface area contributed by atoms with Crippen LogP contribution in [0.5, 0.6) is 5.75 Å². The van der Waals surface area contributed by atoms with Gasteiger partial charge in [-0.1, -0.05) is 12.1 Å². The van der Waals surface area contributed by atoms with Crippen LogP contribution >= 0.6 is 0 Å². The highest BCUT2D eigenvalue weighted by atomic mass is 16.5. The molecule has 0 bridgehead atoms. The van der Waals surface area contributed by atoms with Crippen molar-refractivity contribution in [2.45, 2.75) is 40.5 Å². The molecule has 6 nitrogen and oxygen atoms in total. The third kappa shape index (κ3) is 4.87. The monoisotopic (exact) mass is 348 g/mol. The van der Waals surface area contributed by atoms with Gasteiger partial charge in [-0.2, -0.15) is 0 Å². The molecule has 0 radical (unpaired) electrons. The van der Waals surface area contributed by atoms with Gasteiger partial charge in [0, 0.05) is 13.1 Å². The maximum atomic E-state index is 12.2. The molecule has 1 aliphatic rings. The summed E-state index contributed by atoms with van der Waals surface area (Å²) in [4.78, 5) is 25.7. The molecule has 2 amide bonds. The first-order valence-electron chi connectivity index (χ1n) is 8.83. The average Bonchev–Trinajstić information content (AvgIpc) is 2.61. The summed E-state index contributed by atoms with van der Waals surface area (Å²) in [5.41, 5.74) is 3.30. The SMILES string of the molecule is CCOC(=O)C1CCN(C(=O)NCOc2c(C)ccc(C)c2C)CC1. The van der Waals surface area contributed by atoms with Gasteiger partial charge >= 0.3 is 12.0 Å². The van der Waals surface area contributed by atoms with Crippen LogP contribution in [0.3, 0.4) is 0 Å². The molecule has 0 unspecified atom stereocenters. The van der Waals surface area contributed by atoms with Crippen LogP contribution in [0.25, 0.3) is 0 Å². The van der Waals surface area contributed by atoms with Crippen LogP contribution in [0.2, 0.25) is 0 Å². The van der Waals surface area contributed by atoms with Gasteiger partial charge in [-0.3, -0.25) is 4.79 Å². The Balaban J connectivity index is 1.79. The van der Waals surface area contributed by atoms with E-state index in [0.717, 1.165) is 22.4 Å². The Morgan fingerprint density at radius 2 is 1.80 bits per heavy atom. The van der Waals surface area contributed by atoms with Crippen molar-refractivity contribution >= 4 is 12.0 Å². The molecule has 1 aliphatic heterocycles. The Bertz CT molecular complexity index is 622. The van der Waals surface area contributed by atoms with E-state index in [4.69, 9.17) is 9.47 Å². The van der Waals surface area contributed by atoms with Crippen LogP contribution in [0.1, 0.15) is 36.5 Å². The summed E-state index contributed by atoms with van der Waals surface area (Å²) in [5.74, 6) is 0.565. The standard InChI is InChI=1S/C19H28N2O4/c1-5-24-18(22)16-8-10-21(11-9-16)19(23)20-12-25-17-14(3)7-6-13(2)15(17)4/h6-7,16H,5,8-12H2,1-4H3,(H,20,23). The van der Waals surface area contributed by atoms with Gasteiger partial charge in [-0.05, 0) is 57.2 Å². The van der Waals surface area contributed by atoms with Crippen molar-refractivity contribution < 1.29 is 19.1 Å². The predicted molar refractivity (Wildman–Crippen MR) is 95.6 cm³/mol. The number of rotatable bonds is 5. The third-order valence-electron chi connectivity index (χ3n) is 4.72. The Kier molecular flexibility index (Phi) is 6.67. The van der Waals surface area contributed by atoms with E-state index in [-0.39, 0.29) is 24.6 Å². The summed E-state index contributed by atoms with van der Waals surface area (Å²) in [7, 11) is 0.